The summed E-state index contributed by atoms with van der Waals surface area (Å²) < 4.78 is 5.83. The molecule has 1 N–H and O–H groups in total. The number of halogens is 1. The van der Waals surface area contributed by atoms with Gasteiger partial charge in [0.15, 0.2) is 5.43 Å². The lowest BCUT2D eigenvalue weighted by molar-refractivity contribution is 0.483. The Labute approximate surface area is 138 Å². The number of fused-ring (bicyclic) bond motifs is 2. The van der Waals surface area contributed by atoms with Crippen molar-refractivity contribution < 1.29 is 4.74 Å². The van der Waals surface area contributed by atoms with Crippen molar-refractivity contribution in [2.45, 2.75) is 25.7 Å². The third-order valence-electron chi connectivity index (χ3n) is 4.31. The molecular weight excluding hydrogens is 310 g/mol. The molecule has 0 saturated heterocycles. The predicted octanol–water partition coefficient (Wildman–Crippen LogP) is 4.85. The zero-order valence-electron chi connectivity index (χ0n) is 12.6. The number of aromatic nitrogens is 1. The van der Waals surface area contributed by atoms with Gasteiger partial charge in [-0.1, -0.05) is 11.6 Å². The highest BCUT2D eigenvalue weighted by Gasteiger charge is 2.16. The number of ether oxygens (including phenoxy) is 1. The second-order valence-electron chi connectivity index (χ2n) is 5.88. The van der Waals surface area contributed by atoms with Crippen LogP contribution in [0, 0.1) is 0 Å². The molecule has 0 fully saturated rings. The Balaban J connectivity index is 1.76. The van der Waals surface area contributed by atoms with Gasteiger partial charge in [-0.2, -0.15) is 0 Å². The Hall–Kier alpha value is -2.26. The third kappa shape index (κ3) is 2.73. The van der Waals surface area contributed by atoms with Crippen LogP contribution in [0.25, 0.3) is 10.9 Å². The lowest BCUT2D eigenvalue weighted by Crippen LogP contribution is -2.18. The van der Waals surface area contributed by atoms with Gasteiger partial charge in [0.1, 0.15) is 11.5 Å². The van der Waals surface area contributed by atoms with E-state index in [1.807, 2.05) is 30.3 Å². The largest absolute Gasteiger partial charge is 0.457 e. The average molecular weight is 326 g/mol. The van der Waals surface area contributed by atoms with Crippen molar-refractivity contribution in [3.05, 3.63) is 69.0 Å². The maximum absolute atomic E-state index is 12.7. The summed E-state index contributed by atoms with van der Waals surface area (Å²) in [5, 5.41) is 1.36. The lowest BCUT2D eigenvalue weighted by atomic mass is 9.94. The molecule has 0 bridgehead atoms. The number of H-pyrrole nitrogens is 1. The van der Waals surface area contributed by atoms with E-state index in [9.17, 15) is 4.79 Å². The molecule has 3 aromatic rings. The number of hydrogen-bond donors (Lipinski definition) is 1. The molecule has 4 rings (SSSR count). The molecule has 116 valence electrons. The molecule has 1 aliphatic carbocycles. The first-order valence-electron chi connectivity index (χ1n) is 7.82. The third-order valence-corrected chi connectivity index (χ3v) is 4.56. The van der Waals surface area contributed by atoms with Crippen molar-refractivity contribution >= 4 is 22.5 Å². The highest BCUT2D eigenvalue weighted by atomic mass is 35.5. The zero-order chi connectivity index (χ0) is 15.8. The Bertz CT molecular complexity index is 928. The van der Waals surface area contributed by atoms with Gasteiger partial charge in [0.25, 0.3) is 0 Å². The Morgan fingerprint density at radius 1 is 0.957 bits per heavy atom. The van der Waals surface area contributed by atoms with Crippen LogP contribution in [0.15, 0.2) is 47.3 Å². The summed E-state index contributed by atoms with van der Waals surface area (Å²) in [6, 6.07) is 12.8. The van der Waals surface area contributed by atoms with Gasteiger partial charge < -0.3 is 9.72 Å². The van der Waals surface area contributed by atoms with Gasteiger partial charge >= 0.3 is 0 Å². The van der Waals surface area contributed by atoms with Crippen LogP contribution in [0.4, 0.5) is 0 Å². The van der Waals surface area contributed by atoms with Crippen LogP contribution in [0.2, 0.25) is 5.02 Å². The molecule has 3 nitrogen and oxygen atoms in total. The van der Waals surface area contributed by atoms with E-state index in [-0.39, 0.29) is 5.43 Å². The fourth-order valence-electron chi connectivity index (χ4n) is 3.14. The minimum atomic E-state index is 0.134. The van der Waals surface area contributed by atoms with E-state index in [1.54, 1.807) is 12.1 Å². The molecular formula is C19H16ClNO2. The summed E-state index contributed by atoms with van der Waals surface area (Å²) in [6.45, 7) is 0. The van der Waals surface area contributed by atoms with Gasteiger partial charge in [-0.25, -0.2) is 0 Å². The molecule has 0 saturated carbocycles. The summed E-state index contributed by atoms with van der Waals surface area (Å²) in [5.41, 5.74) is 3.04. The van der Waals surface area contributed by atoms with Crippen LogP contribution in [-0.4, -0.2) is 4.98 Å². The second-order valence-corrected chi connectivity index (χ2v) is 6.32. The first-order chi connectivity index (χ1) is 11.2. The maximum atomic E-state index is 12.7. The van der Waals surface area contributed by atoms with Gasteiger partial charge in [0.05, 0.1) is 0 Å². The van der Waals surface area contributed by atoms with Crippen molar-refractivity contribution in [3.8, 4) is 11.5 Å². The first kappa shape index (κ1) is 14.3. The molecule has 1 aliphatic rings. The van der Waals surface area contributed by atoms with E-state index in [0.717, 1.165) is 42.5 Å². The highest BCUT2D eigenvalue weighted by Crippen LogP contribution is 2.26. The Kier molecular flexibility index (Phi) is 3.58. The summed E-state index contributed by atoms with van der Waals surface area (Å²) in [4.78, 5) is 16.1. The minimum Gasteiger partial charge on any atom is -0.457 e. The smallest absolute Gasteiger partial charge is 0.192 e. The van der Waals surface area contributed by atoms with E-state index in [2.05, 4.69) is 4.98 Å². The van der Waals surface area contributed by atoms with Crippen LogP contribution in [0.3, 0.4) is 0 Å². The highest BCUT2D eigenvalue weighted by molar-refractivity contribution is 6.30. The number of benzene rings is 2. The maximum Gasteiger partial charge on any atom is 0.192 e. The normalized spacial score (nSPS) is 13.8. The van der Waals surface area contributed by atoms with Crippen molar-refractivity contribution in [2.75, 3.05) is 0 Å². The van der Waals surface area contributed by atoms with Crippen molar-refractivity contribution in [1.29, 1.82) is 0 Å². The zero-order valence-corrected chi connectivity index (χ0v) is 13.3. The summed E-state index contributed by atoms with van der Waals surface area (Å²) in [5.74, 6) is 1.35. The molecule has 23 heavy (non-hydrogen) atoms. The van der Waals surface area contributed by atoms with E-state index < -0.39 is 0 Å². The number of rotatable bonds is 2. The fraction of sp³-hybridized carbons (Fsp3) is 0.211. The molecule has 0 radical (unpaired) electrons. The molecule has 1 heterocycles. The fourth-order valence-corrected chi connectivity index (χ4v) is 3.27. The van der Waals surface area contributed by atoms with Crippen LogP contribution >= 0.6 is 11.6 Å². The molecule has 4 heteroatoms. The van der Waals surface area contributed by atoms with Crippen molar-refractivity contribution in [2.24, 2.45) is 0 Å². The predicted molar refractivity (Wildman–Crippen MR) is 92.7 cm³/mol. The first-order valence-corrected chi connectivity index (χ1v) is 8.20. The number of hydrogen-bond acceptors (Lipinski definition) is 2. The molecule has 0 atom stereocenters. The van der Waals surface area contributed by atoms with Crippen LogP contribution in [-0.2, 0) is 12.8 Å². The SMILES string of the molecule is O=c1c2c([nH]c3ccc(Oc4ccc(Cl)cc4)cc13)CCCC2. The quantitative estimate of drug-likeness (QED) is 0.731. The van der Waals surface area contributed by atoms with Crippen LogP contribution in [0.5, 0.6) is 11.5 Å². The van der Waals surface area contributed by atoms with E-state index >= 15 is 0 Å². The number of nitrogens with one attached hydrogen (secondary N) is 1. The molecule has 0 aliphatic heterocycles. The van der Waals surface area contributed by atoms with Gasteiger partial charge in [-0.3, -0.25) is 4.79 Å². The summed E-state index contributed by atoms with van der Waals surface area (Å²) >= 11 is 5.88. The summed E-state index contributed by atoms with van der Waals surface area (Å²) in [7, 11) is 0. The van der Waals surface area contributed by atoms with Gasteiger partial charge in [-0.15, -0.1) is 0 Å². The van der Waals surface area contributed by atoms with E-state index in [0.29, 0.717) is 21.9 Å². The number of aromatic amines is 1. The Morgan fingerprint density at radius 3 is 2.52 bits per heavy atom. The summed E-state index contributed by atoms with van der Waals surface area (Å²) in [6.07, 6.45) is 4.06. The molecule has 0 unspecified atom stereocenters. The van der Waals surface area contributed by atoms with Gasteiger partial charge in [0.2, 0.25) is 0 Å². The topological polar surface area (TPSA) is 42.1 Å². The van der Waals surface area contributed by atoms with E-state index in [4.69, 9.17) is 16.3 Å². The second kappa shape index (κ2) is 5.74. The van der Waals surface area contributed by atoms with Crippen molar-refractivity contribution in [3.63, 3.8) is 0 Å². The number of aryl methyl sites for hydroxylation is 1. The van der Waals surface area contributed by atoms with Gasteiger partial charge in [0, 0.05) is 27.2 Å². The monoisotopic (exact) mass is 325 g/mol. The van der Waals surface area contributed by atoms with E-state index in [1.165, 1.54) is 0 Å². The molecule has 0 amide bonds. The molecule has 2 aromatic carbocycles. The van der Waals surface area contributed by atoms with Crippen LogP contribution in [0.1, 0.15) is 24.1 Å². The van der Waals surface area contributed by atoms with Gasteiger partial charge in [-0.05, 0) is 68.1 Å². The average Bonchev–Trinajstić information content (AvgIpc) is 2.58. The number of pyridine rings is 1. The van der Waals surface area contributed by atoms with Crippen molar-refractivity contribution in [1.82, 2.24) is 4.98 Å². The standard InChI is InChI=1S/C19H16ClNO2/c20-12-5-7-13(8-6-12)23-14-9-10-18-16(11-14)19(22)15-3-1-2-4-17(15)21-18/h5-11H,1-4H2,(H,21,22). The minimum absolute atomic E-state index is 0.134. The molecule has 1 aromatic heterocycles. The van der Waals surface area contributed by atoms with Crippen LogP contribution < -0.4 is 10.2 Å². The Morgan fingerprint density at radius 2 is 1.70 bits per heavy atom. The lowest BCUT2D eigenvalue weighted by Gasteiger charge is -2.16. The molecule has 0 spiro atoms.